The molecule has 1 aromatic heterocycles. The van der Waals surface area contributed by atoms with Gasteiger partial charge in [-0.05, 0) is 13.3 Å². The number of morpholine rings is 1. The lowest BCUT2D eigenvalue weighted by molar-refractivity contribution is 0.122. The minimum Gasteiger partial charge on any atom is -0.382 e. The van der Waals surface area contributed by atoms with Gasteiger partial charge in [-0.25, -0.2) is 5.84 Å². The van der Waals surface area contributed by atoms with E-state index in [0.717, 1.165) is 32.7 Å². The highest BCUT2D eigenvalue weighted by atomic mass is 16.5. The molecule has 21 heavy (non-hydrogen) atoms. The zero-order chi connectivity index (χ0) is 14.9. The number of hydrazine groups is 1. The molecule has 1 aliphatic heterocycles. The number of nitrogens with one attached hydrogen (secondary N) is 2. The summed E-state index contributed by atoms with van der Waals surface area (Å²) in [6, 6.07) is 0. The first-order chi connectivity index (χ1) is 10.3. The fourth-order valence-corrected chi connectivity index (χ4v) is 1.93. The van der Waals surface area contributed by atoms with E-state index in [1.54, 1.807) is 0 Å². The fourth-order valence-electron chi connectivity index (χ4n) is 1.93. The summed E-state index contributed by atoms with van der Waals surface area (Å²) in [6.07, 6.45) is 0.887. The van der Waals surface area contributed by atoms with E-state index in [0.29, 0.717) is 37.7 Å². The molecule has 0 atom stereocenters. The second kappa shape index (κ2) is 8.55. The SMILES string of the molecule is CCOCCCNc1nc(NN)nc(N2CCOCC2)n1. The first kappa shape index (κ1) is 15.7. The van der Waals surface area contributed by atoms with Crippen LogP contribution in [0.25, 0.3) is 0 Å². The van der Waals surface area contributed by atoms with E-state index < -0.39 is 0 Å². The summed E-state index contributed by atoms with van der Waals surface area (Å²) in [5.41, 5.74) is 2.47. The summed E-state index contributed by atoms with van der Waals surface area (Å²) in [5, 5.41) is 3.16. The third-order valence-electron chi connectivity index (χ3n) is 3.00. The number of nitrogens with zero attached hydrogens (tertiary/aromatic N) is 4. The van der Waals surface area contributed by atoms with Gasteiger partial charge in [0.2, 0.25) is 17.8 Å². The van der Waals surface area contributed by atoms with Crippen LogP contribution in [0, 0.1) is 0 Å². The predicted molar refractivity (Wildman–Crippen MR) is 80.3 cm³/mol. The second-order valence-electron chi connectivity index (χ2n) is 4.50. The smallest absolute Gasteiger partial charge is 0.243 e. The largest absolute Gasteiger partial charge is 0.382 e. The predicted octanol–water partition coefficient (Wildman–Crippen LogP) is -0.168. The van der Waals surface area contributed by atoms with E-state index in [9.17, 15) is 0 Å². The zero-order valence-electron chi connectivity index (χ0n) is 12.3. The Morgan fingerprint density at radius 1 is 1.24 bits per heavy atom. The highest BCUT2D eigenvalue weighted by Gasteiger charge is 2.16. The number of nitrogens with two attached hydrogens (primary N) is 1. The van der Waals surface area contributed by atoms with Gasteiger partial charge < -0.3 is 19.7 Å². The van der Waals surface area contributed by atoms with Crippen molar-refractivity contribution < 1.29 is 9.47 Å². The van der Waals surface area contributed by atoms with Crippen molar-refractivity contribution in [1.29, 1.82) is 0 Å². The number of aromatic nitrogens is 3. The van der Waals surface area contributed by atoms with Gasteiger partial charge in [0.1, 0.15) is 0 Å². The van der Waals surface area contributed by atoms with Crippen molar-refractivity contribution >= 4 is 17.8 Å². The molecule has 2 rings (SSSR count). The molecule has 9 heteroatoms. The van der Waals surface area contributed by atoms with Gasteiger partial charge in [0.05, 0.1) is 13.2 Å². The Bertz CT molecular complexity index is 426. The van der Waals surface area contributed by atoms with Crippen LogP contribution in [0.15, 0.2) is 0 Å². The molecule has 0 saturated carbocycles. The Labute approximate surface area is 124 Å². The molecule has 0 radical (unpaired) electrons. The average Bonchev–Trinajstić information content (AvgIpc) is 2.55. The van der Waals surface area contributed by atoms with Crippen LogP contribution in [0.5, 0.6) is 0 Å². The van der Waals surface area contributed by atoms with Gasteiger partial charge in [0, 0.05) is 32.8 Å². The molecule has 1 fully saturated rings. The summed E-state index contributed by atoms with van der Waals surface area (Å²) in [4.78, 5) is 15.0. The van der Waals surface area contributed by atoms with Crippen molar-refractivity contribution in [2.75, 3.05) is 61.7 Å². The molecule has 1 aromatic rings. The lowest BCUT2D eigenvalue weighted by Gasteiger charge is -2.27. The third-order valence-corrected chi connectivity index (χ3v) is 3.00. The van der Waals surface area contributed by atoms with Crippen LogP contribution in [-0.2, 0) is 9.47 Å². The van der Waals surface area contributed by atoms with Gasteiger partial charge in [-0.3, -0.25) is 5.43 Å². The Hall–Kier alpha value is -1.71. The average molecular weight is 297 g/mol. The number of rotatable bonds is 8. The Morgan fingerprint density at radius 3 is 2.71 bits per heavy atom. The van der Waals surface area contributed by atoms with E-state index in [1.807, 2.05) is 6.92 Å². The van der Waals surface area contributed by atoms with Crippen molar-refractivity contribution in [3.63, 3.8) is 0 Å². The normalized spacial score (nSPS) is 15.0. The number of hydrogen-bond donors (Lipinski definition) is 3. The van der Waals surface area contributed by atoms with Crippen LogP contribution in [-0.4, -0.2) is 61.0 Å². The van der Waals surface area contributed by atoms with Crippen LogP contribution in [0.4, 0.5) is 17.8 Å². The zero-order valence-corrected chi connectivity index (χ0v) is 12.3. The molecule has 1 saturated heterocycles. The maximum Gasteiger partial charge on any atom is 0.243 e. The fraction of sp³-hybridized carbons (Fsp3) is 0.750. The van der Waals surface area contributed by atoms with Crippen molar-refractivity contribution in [2.45, 2.75) is 13.3 Å². The summed E-state index contributed by atoms with van der Waals surface area (Å²) >= 11 is 0. The maximum atomic E-state index is 5.42. The van der Waals surface area contributed by atoms with E-state index in [1.165, 1.54) is 0 Å². The summed E-state index contributed by atoms with van der Waals surface area (Å²) in [5.74, 6) is 6.88. The third kappa shape index (κ3) is 4.96. The molecule has 2 heterocycles. The molecule has 118 valence electrons. The van der Waals surface area contributed by atoms with Gasteiger partial charge in [0.15, 0.2) is 0 Å². The van der Waals surface area contributed by atoms with E-state index in [2.05, 4.69) is 30.6 Å². The molecule has 9 nitrogen and oxygen atoms in total. The number of nitrogen functional groups attached to an aromatic ring is 1. The first-order valence-corrected chi connectivity index (χ1v) is 7.20. The van der Waals surface area contributed by atoms with Crippen LogP contribution in [0.1, 0.15) is 13.3 Å². The Morgan fingerprint density at radius 2 is 2.00 bits per heavy atom. The number of hydrogen-bond acceptors (Lipinski definition) is 9. The number of ether oxygens (including phenoxy) is 2. The van der Waals surface area contributed by atoms with Crippen molar-refractivity contribution in [3.05, 3.63) is 0 Å². The molecule has 0 aliphatic carbocycles. The molecule has 1 aliphatic rings. The van der Waals surface area contributed by atoms with Gasteiger partial charge in [0.25, 0.3) is 0 Å². The van der Waals surface area contributed by atoms with E-state index in [-0.39, 0.29) is 0 Å². The molecule has 4 N–H and O–H groups in total. The van der Waals surface area contributed by atoms with Crippen LogP contribution < -0.4 is 21.5 Å². The standard InChI is InChI=1S/C12H23N7O2/c1-2-20-7-3-4-14-10-15-11(18-13)17-12(16-10)19-5-8-21-9-6-19/h2-9,13H2,1H3,(H2,14,15,16,17,18). The Balaban J connectivity index is 1.96. The van der Waals surface area contributed by atoms with Crippen LogP contribution in [0.3, 0.4) is 0 Å². The first-order valence-electron chi connectivity index (χ1n) is 7.20. The van der Waals surface area contributed by atoms with Gasteiger partial charge in [-0.1, -0.05) is 0 Å². The van der Waals surface area contributed by atoms with Crippen molar-refractivity contribution in [3.8, 4) is 0 Å². The summed E-state index contributed by atoms with van der Waals surface area (Å²) in [6.45, 7) is 7.03. The monoisotopic (exact) mass is 297 g/mol. The maximum absolute atomic E-state index is 5.42. The summed E-state index contributed by atoms with van der Waals surface area (Å²) in [7, 11) is 0. The van der Waals surface area contributed by atoms with Crippen LogP contribution >= 0.6 is 0 Å². The van der Waals surface area contributed by atoms with Gasteiger partial charge in [-0.2, -0.15) is 15.0 Å². The number of anilines is 3. The van der Waals surface area contributed by atoms with Gasteiger partial charge in [-0.15, -0.1) is 0 Å². The molecular weight excluding hydrogens is 274 g/mol. The second-order valence-corrected chi connectivity index (χ2v) is 4.50. The molecular formula is C12H23N7O2. The van der Waals surface area contributed by atoms with Crippen molar-refractivity contribution in [2.24, 2.45) is 5.84 Å². The molecule has 0 bridgehead atoms. The quantitative estimate of drug-likeness (QED) is 0.342. The summed E-state index contributed by atoms with van der Waals surface area (Å²) < 4.78 is 10.6. The lowest BCUT2D eigenvalue weighted by atomic mass is 10.4. The highest BCUT2D eigenvalue weighted by Crippen LogP contribution is 2.14. The van der Waals surface area contributed by atoms with E-state index in [4.69, 9.17) is 15.3 Å². The minimum atomic E-state index is 0.346. The lowest BCUT2D eigenvalue weighted by Crippen LogP contribution is -2.37. The van der Waals surface area contributed by atoms with Crippen molar-refractivity contribution in [1.82, 2.24) is 15.0 Å². The Kier molecular flexibility index (Phi) is 6.38. The molecule has 0 spiro atoms. The molecule has 0 amide bonds. The van der Waals surface area contributed by atoms with Gasteiger partial charge >= 0.3 is 0 Å². The molecule has 0 unspecified atom stereocenters. The minimum absolute atomic E-state index is 0.346. The van der Waals surface area contributed by atoms with Crippen LogP contribution in [0.2, 0.25) is 0 Å². The highest BCUT2D eigenvalue weighted by molar-refractivity contribution is 5.43. The van der Waals surface area contributed by atoms with E-state index >= 15 is 0 Å². The topological polar surface area (TPSA) is 110 Å². The molecule has 0 aromatic carbocycles.